The van der Waals surface area contributed by atoms with Crippen LogP contribution in [0.3, 0.4) is 0 Å². The largest absolute Gasteiger partial charge is 0.360 e. The van der Waals surface area contributed by atoms with Gasteiger partial charge in [-0.05, 0) is 38.3 Å². The molecule has 1 amide bonds. The van der Waals surface area contributed by atoms with Crippen molar-refractivity contribution in [3.63, 3.8) is 0 Å². The molecule has 140 valence electrons. The molecule has 7 heteroatoms. The summed E-state index contributed by atoms with van der Waals surface area (Å²) in [5, 5.41) is 4.60. The smallest absolute Gasteiger partial charge is 0.276 e. The van der Waals surface area contributed by atoms with E-state index in [9.17, 15) is 9.59 Å². The molecule has 1 aliphatic carbocycles. The van der Waals surface area contributed by atoms with Crippen LogP contribution >= 0.6 is 0 Å². The number of hydrogen-bond donors (Lipinski definition) is 1. The molecule has 0 spiro atoms. The number of rotatable bonds is 4. The first kappa shape index (κ1) is 17.5. The van der Waals surface area contributed by atoms with Crippen molar-refractivity contribution < 1.29 is 9.32 Å². The van der Waals surface area contributed by atoms with Crippen molar-refractivity contribution in [3.05, 3.63) is 57.5 Å². The molecule has 7 nitrogen and oxygen atoms in total. The number of aryl methyl sites for hydroxylation is 1. The van der Waals surface area contributed by atoms with Crippen molar-refractivity contribution >= 4 is 16.8 Å². The summed E-state index contributed by atoms with van der Waals surface area (Å²) in [4.78, 5) is 34.2. The minimum absolute atomic E-state index is 0.180. The van der Waals surface area contributed by atoms with Crippen molar-refractivity contribution in [1.82, 2.24) is 20.0 Å². The molecule has 3 aromatic rings. The highest BCUT2D eigenvalue weighted by Gasteiger charge is 2.26. The van der Waals surface area contributed by atoms with E-state index in [1.54, 1.807) is 23.1 Å². The Labute approximate surface area is 156 Å². The highest BCUT2D eigenvalue weighted by atomic mass is 16.5. The zero-order chi connectivity index (χ0) is 18.8. The van der Waals surface area contributed by atoms with Gasteiger partial charge in [-0.15, -0.1) is 0 Å². The number of benzene rings is 1. The van der Waals surface area contributed by atoms with Crippen LogP contribution in [-0.4, -0.2) is 32.5 Å². The molecular formula is C20H22N4O3. The predicted octanol–water partition coefficient (Wildman–Crippen LogP) is 2.84. The summed E-state index contributed by atoms with van der Waals surface area (Å²) in [5.74, 6) is 1.12. The van der Waals surface area contributed by atoms with Gasteiger partial charge in [-0.2, -0.15) is 0 Å². The van der Waals surface area contributed by atoms with Crippen molar-refractivity contribution in [3.8, 4) is 0 Å². The van der Waals surface area contributed by atoms with E-state index in [-0.39, 0.29) is 18.0 Å². The molecular weight excluding hydrogens is 344 g/mol. The van der Waals surface area contributed by atoms with Gasteiger partial charge in [0.15, 0.2) is 5.69 Å². The molecule has 2 heterocycles. The Hall–Kier alpha value is -2.96. The van der Waals surface area contributed by atoms with Crippen molar-refractivity contribution in [2.75, 3.05) is 6.54 Å². The molecule has 0 bridgehead atoms. The topological polar surface area (TPSA) is 92.1 Å². The minimum atomic E-state index is -0.200. The van der Waals surface area contributed by atoms with Crippen molar-refractivity contribution in [1.29, 1.82) is 0 Å². The van der Waals surface area contributed by atoms with Gasteiger partial charge in [-0.25, -0.2) is 4.98 Å². The van der Waals surface area contributed by atoms with E-state index in [2.05, 4.69) is 15.1 Å². The van der Waals surface area contributed by atoms with Gasteiger partial charge in [0.1, 0.15) is 11.6 Å². The molecule has 0 aliphatic heterocycles. The highest BCUT2D eigenvalue weighted by Crippen LogP contribution is 2.24. The lowest BCUT2D eigenvalue weighted by Crippen LogP contribution is -2.32. The van der Waals surface area contributed by atoms with Crippen LogP contribution in [0.15, 0.2) is 33.6 Å². The number of nitrogens with one attached hydrogen (secondary N) is 1. The molecule has 4 rings (SSSR count). The van der Waals surface area contributed by atoms with Gasteiger partial charge in [0.25, 0.3) is 11.5 Å². The van der Waals surface area contributed by atoms with Crippen LogP contribution in [0.2, 0.25) is 0 Å². The molecule has 1 N–H and O–H groups in total. The lowest BCUT2D eigenvalue weighted by molar-refractivity contribution is 0.0737. The molecule has 1 aliphatic rings. The van der Waals surface area contributed by atoms with E-state index in [1.165, 1.54) is 0 Å². The van der Waals surface area contributed by atoms with Gasteiger partial charge in [0.2, 0.25) is 0 Å². The number of hydrogen-bond acceptors (Lipinski definition) is 5. The maximum absolute atomic E-state index is 13.1. The van der Waals surface area contributed by atoms with Crippen LogP contribution in [0, 0.1) is 0 Å². The maximum Gasteiger partial charge on any atom is 0.276 e. The Morgan fingerprint density at radius 2 is 2.04 bits per heavy atom. The van der Waals surface area contributed by atoms with Crippen LogP contribution in [0.5, 0.6) is 0 Å². The quantitative estimate of drug-likeness (QED) is 0.717. The van der Waals surface area contributed by atoms with Crippen molar-refractivity contribution in [2.45, 2.75) is 45.6 Å². The predicted molar refractivity (Wildman–Crippen MR) is 101 cm³/mol. The highest BCUT2D eigenvalue weighted by molar-refractivity contribution is 5.93. The van der Waals surface area contributed by atoms with E-state index in [0.717, 1.165) is 43.4 Å². The first-order valence-electron chi connectivity index (χ1n) is 9.42. The second-order valence-corrected chi connectivity index (χ2v) is 6.84. The normalized spacial score (nSPS) is 14.0. The SMILES string of the molecule is CCN(Cc1nc2ccccc2c(=O)[nH]1)C(=O)c1noc2c1CCCCC2. The Morgan fingerprint density at radius 3 is 2.89 bits per heavy atom. The molecule has 0 unspecified atom stereocenters. The van der Waals surface area contributed by atoms with Crippen molar-refractivity contribution in [2.24, 2.45) is 0 Å². The van der Waals surface area contributed by atoms with Gasteiger partial charge in [-0.1, -0.05) is 23.7 Å². The number of aromatic nitrogens is 3. The summed E-state index contributed by atoms with van der Waals surface area (Å²) in [6.07, 6.45) is 4.90. The summed E-state index contributed by atoms with van der Waals surface area (Å²) >= 11 is 0. The number of aromatic amines is 1. The standard InChI is InChI=1S/C20H22N4O3/c1-2-24(12-17-21-15-10-7-6-8-13(15)19(25)22-17)20(26)18-14-9-4-3-5-11-16(14)27-23-18/h6-8,10H,2-5,9,11-12H2,1H3,(H,21,22,25). The molecule has 0 saturated carbocycles. The molecule has 27 heavy (non-hydrogen) atoms. The second kappa shape index (κ2) is 7.34. The summed E-state index contributed by atoms with van der Waals surface area (Å²) in [6, 6.07) is 7.17. The molecule has 0 fully saturated rings. The summed E-state index contributed by atoms with van der Waals surface area (Å²) < 4.78 is 5.44. The fraction of sp³-hybridized carbons (Fsp3) is 0.400. The average Bonchev–Trinajstić information content (AvgIpc) is 2.94. The van der Waals surface area contributed by atoms with Crippen LogP contribution in [0.4, 0.5) is 0 Å². The van der Waals surface area contributed by atoms with E-state index >= 15 is 0 Å². The number of fused-ring (bicyclic) bond motifs is 2. The van der Waals surface area contributed by atoms with Gasteiger partial charge in [0.05, 0.1) is 17.4 Å². The molecule has 1 aromatic carbocycles. The minimum Gasteiger partial charge on any atom is -0.360 e. The third-order valence-electron chi connectivity index (χ3n) is 5.07. The number of carbonyl (C=O) groups excluding carboxylic acids is 1. The van der Waals surface area contributed by atoms with Crippen LogP contribution in [-0.2, 0) is 19.4 Å². The van der Waals surface area contributed by atoms with Gasteiger partial charge in [0, 0.05) is 18.5 Å². The lowest BCUT2D eigenvalue weighted by Gasteiger charge is -2.19. The monoisotopic (exact) mass is 366 g/mol. The van der Waals surface area contributed by atoms with Crippen LogP contribution in [0.25, 0.3) is 10.9 Å². The first-order chi connectivity index (χ1) is 13.2. The van der Waals surface area contributed by atoms with Gasteiger partial charge in [-0.3, -0.25) is 9.59 Å². The summed E-state index contributed by atoms with van der Waals surface area (Å²) in [5.41, 5.74) is 1.76. The molecule has 0 atom stereocenters. The van der Waals surface area contributed by atoms with Crippen LogP contribution in [0.1, 0.15) is 53.8 Å². The zero-order valence-corrected chi connectivity index (χ0v) is 15.3. The first-order valence-corrected chi connectivity index (χ1v) is 9.42. The van der Waals surface area contributed by atoms with Gasteiger partial charge >= 0.3 is 0 Å². The molecule has 0 radical (unpaired) electrons. The van der Waals surface area contributed by atoms with Gasteiger partial charge < -0.3 is 14.4 Å². The summed E-state index contributed by atoms with van der Waals surface area (Å²) in [7, 11) is 0. The van der Waals surface area contributed by atoms with E-state index in [4.69, 9.17) is 4.52 Å². The van der Waals surface area contributed by atoms with E-state index in [1.807, 2.05) is 13.0 Å². The fourth-order valence-corrected chi connectivity index (χ4v) is 3.60. The number of H-pyrrole nitrogens is 1. The average molecular weight is 366 g/mol. The summed E-state index contributed by atoms with van der Waals surface area (Å²) in [6.45, 7) is 2.60. The number of carbonyl (C=O) groups is 1. The molecule has 2 aromatic heterocycles. The number of amides is 1. The van der Waals surface area contributed by atoms with Crippen LogP contribution < -0.4 is 5.56 Å². The third kappa shape index (κ3) is 3.37. The Balaban J connectivity index is 1.62. The second-order valence-electron chi connectivity index (χ2n) is 6.84. The number of para-hydroxylation sites is 1. The van der Waals surface area contributed by atoms with E-state index in [0.29, 0.717) is 29.0 Å². The van der Waals surface area contributed by atoms with E-state index < -0.39 is 0 Å². The maximum atomic E-state index is 13.1. The number of nitrogens with zero attached hydrogens (tertiary/aromatic N) is 3. The Bertz CT molecular complexity index is 1040. The zero-order valence-electron chi connectivity index (χ0n) is 15.3. The Morgan fingerprint density at radius 1 is 1.22 bits per heavy atom. The fourth-order valence-electron chi connectivity index (χ4n) is 3.60. The lowest BCUT2D eigenvalue weighted by atomic mass is 10.1. The molecule has 0 saturated heterocycles. The third-order valence-corrected chi connectivity index (χ3v) is 5.07. The Kier molecular flexibility index (Phi) is 4.75.